The number of amides is 2. The van der Waals surface area contributed by atoms with Gasteiger partial charge >= 0.3 is 0 Å². The summed E-state index contributed by atoms with van der Waals surface area (Å²) in [6.45, 7) is 1.40. The van der Waals surface area contributed by atoms with Crippen LogP contribution in [0.15, 0.2) is 48.5 Å². The average Bonchev–Trinajstić information content (AvgIpc) is 2.70. The van der Waals surface area contributed by atoms with Gasteiger partial charge < -0.3 is 9.80 Å². The molecule has 0 atom stereocenters. The number of likely N-dealkylation sites (tertiary alicyclic amines) is 1. The molecule has 1 aliphatic rings. The van der Waals surface area contributed by atoms with Crippen LogP contribution in [-0.2, 0) is 11.3 Å². The van der Waals surface area contributed by atoms with E-state index in [1.165, 1.54) is 6.07 Å². The maximum Gasteiger partial charge on any atom is 0.253 e. The SMILES string of the molecule is CN(Cc1ccccc1)C(=O)C1CCN(C(=O)c2ccc(F)c(F)c2)CC1. The monoisotopic (exact) mass is 372 g/mol. The second kappa shape index (κ2) is 8.29. The number of carbonyl (C=O) groups is 2. The van der Waals surface area contributed by atoms with Gasteiger partial charge in [-0.05, 0) is 36.6 Å². The van der Waals surface area contributed by atoms with E-state index >= 15 is 0 Å². The standard InChI is InChI=1S/C21H22F2N2O2/c1-24(14-15-5-3-2-4-6-15)20(26)16-9-11-25(12-10-16)21(27)17-7-8-18(22)19(23)13-17/h2-8,13,16H,9-12,14H2,1H3. The largest absolute Gasteiger partial charge is 0.341 e. The summed E-state index contributed by atoms with van der Waals surface area (Å²) >= 11 is 0. The molecule has 1 heterocycles. The molecule has 0 aliphatic carbocycles. The van der Waals surface area contributed by atoms with Gasteiger partial charge in [-0.1, -0.05) is 30.3 Å². The van der Waals surface area contributed by atoms with Crippen molar-refractivity contribution in [2.24, 2.45) is 5.92 Å². The molecule has 0 radical (unpaired) electrons. The maximum absolute atomic E-state index is 13.3. The second-order valence-corrected chi connectivity index (χ2v) is 6.88. The van der Waals surface area contributed by atoms with Crippen molar-refractivity contribution in [1.29, 1.82) is 0 Å². The molecule has 4 nitrogen and oxygen atoms in total. The van der Waals surface area contributed by atoms with E-state index < -0.39 is 11.6 Å². The Balaban J connectivity index is 1.55. The molecule has 2 amide bonds. The Bertz CT molecular complexity index is 818. The fourth-order valence-electron chi connectivity index (χ4n) is 3.39. The lowest BCUT2D eigenvalue weighted by molar-refractivity contribution is -0.136. The van der Waals surface area contributed by atoms with E-state index in [0.29, 0.717) is 32.5 Å². The Morgan fingerprint density at radius 1 is 1.04 bits per heavy atom. The summed E-state index contributed by atoms with van der Waals surface area (Å²) in [5, 5.41) is 0. The minimum absolute atomic E-state index is 0.0683. The van der Waals surface area contributed by atoms with Gasteiger partial charge in [0.05, 0.1) is 0 Å². The van der Waals surface area contributed by atoms with Crippen molar-refractivity contribution in [3.8, 4) is 0 Å². The molecule has 2 aromatic carbocycles. The van der Waals surface area contributed by atoms with Crippen molar-refractivity contribution in [3.63, 3.8) is 0 Å². The van der Waals surface area contributed by atoms with Crippen molar-refractivity contribution >= 4 is 11.8 Å². The highest BCUT2D eigenvalue weighted by Crippen LogP contribution is 2.22. The van der Waals surface area contributed by atoms with Crippen LogP contribution in [0.5, 0.6) is 0 Å². The molecule has 142 valence electrons. The van der Waals surface area contributed by atoms with Crippen LogP contribution in [0.25, 0.3) is 0 Å². The molecule has 6 heteroatoms. The van der Waals surface area contributed by atoms with E-state index in [2.05, 4.69) is 0 Å². The summed E-state index contributed by atoms with van der Waals surface area (Å²) in [5.41, 5.74) is 1.19. The lowest BCUT2D eigenvalue weighted by atomic mass is 9.94. The molecule has 27 heavy (non-hydrogen) atoms. The van der Waals surface area contributed by atoms with Crippen LogP contribution < -0.4 is 0 Å². The average molecular weight is 372 g/mol. The molecule has 0 unspecified atom stereocenters. The number of rotatable bonds is 4. The lowest BCUT2D eigenvalue weighted by Crippen LogP contribution is -2.43. The van der Waals surface area contributed by atoms with Gasteiger partial charge in [0.25, 0.3) is 5.91 Å². The molecule has 3 rings (SSSR count). The predicted molar refractivity (Wildman–Crippen MR) is 97.9 cm³/mol. The van der Waals surface area contributed by atoms with Crippen LogP contribution in [0.1, 0.15) is 28.8 Å². The molecule has 1 fully saturated rings. The van der Waals surface area contributed by atoms with Crippen LogP contribution in [0.4, 0.5) is 8.78 Å². The van der Waals surface area contributed by atoms with Crippen molar-refractivity contribution < 1.29 is 18.4 Å². The van der Waals surface area contributed by atoms with Gasteiger partial charge in [-0.25, -0.2) is 8.78 Å². The van der Waals surface area contributed by atoms with E-state index in [0.717, 1.165) is 17.7 Å². The molecule has 2 aromatic rings. The Hall–Kier alpha value is -2.76. The molecule has 1 saturated heterocycles. The van der Waals surface area contributed by atoms with Crippen LogP contribution in [-0.4, -0.2) is 41.8 Å². The second-order valence-electron chi connectivity index (χ2n) is 6.88. The lowest BCUT2D eigenvalue weighted by Gasteiger charge is -2.33. The molecule has 0 aromatic heterocycles. The van der Waals surface area contributed by atoms with Crippen LogP contribution in [0.3, 0.4) is 0 Å². The highest BCUT2D eigenvalue weighted by atomic mass is 19.2. The van der Waals surface area contributed by atoms with Crippen molar-refractivity contribution in [2.45, 2.75) is 19.4 Å². The van der Waals surface area contributed by atoms with Gasteiger partial charge in [0.1, 0.15) is 0 Å². The number of hydrogen-bond donors (Lipinski definition) is 0. The van der Waals surface area contributed by atoms with Crippen LogP contribution in [0, 0.1) is 17.6 Å². The fraction of sp³-hybridized carbons (Fsp3) is 0.333. The summed E-state index contributed by atoms with van der Waals surface area (Å²) < 4.78 is 26.4. The zero-order valence-corrected chi connectivity index (χ0v) is 15.2. The van der Waals surface area contributed by atoms with Gasteiger partial charge in [0.15, 0.2) is 11.6 Å². The van der Waals surface area contributed by atoms with Gasteiger partial charge in [0, 0.05) is 38.2 Å². The number of benzene rings is 2. The summed E-state index contributed by atoms with van der Waals surface area (Å²) in [7, 11) is 1.79. The summed E-state index contributed by atoms with van der Waals surface area (Å²) in [6.07, 6.45) is 1.13. The predicted octanol–water partition coefficient (Wildman–Crippen LogP) is 3.48. The zero-order valence-electron chi connectivity index (χ0n) is 15.2. The summed E-state index contributed by atoms with van der Waals surface area (Å²) in [6, 6.07) is 12.9. The first-order chi connectivity index (χ1) is 13.0. The Kier molecular flexibility index (Phi) is 5.84. The third-order valence-corrected chi connectivity index (χ3v) is 4.94. The zero-order chi connectivity index (χ0) is 19.4. The smallest absolute Gasteiger partial charge is 0.253 e. The third-order valence-electron chi connectivity index (χ3n) is 4.94. The molecule has 0 bridgehead atoms. The van der Waals surface area contributed by atoms with E-state index in [9.17, 15) is 18.4 Å². The summed E-state index contributed by atoms with van der Waals surface area (Å²) in [4.78, 5) is 28.4. The van der Waals surface area contributed by atoms with Gasteiger partial charge in [-0.2, -0.15) is 0 Å². The van der Waals surface area contributed by atoms with Gasteiger partial charge in [-0.15, -0.1) is 0 Å². The third kappa shape index (κ3) is 4.51. The number of piperidine rings is 1. The number of carbonyl (C=O) groups excluding carboxylic acids is 2. The van der Waals surface area contributed by atoms with E-state index in [-0.39, 0.29) is 23.3 Å². The Morgan fingerprint density at radius 3 is 2.33 bits per heavy atom. The molecular weight excluding hydrogens is 350 g/mol. The first kappa shape index (κ1) is 19.0. The van der Waals surface area contributed by atoms with E-state index in [4.69, 9.17) is 0 Å². The first-order valence-corrected chi connectivity index (χ1v) is 8.99. The molecular formula is C21H22F2N2O2. The van der Waals surface area contributed by atoms with E-state index in [1.54, 1.807) is 16.8 Å². The highest BCUT2D eigenvalue weighted by molar-refractivity contribution is 5.94. The minimum Gasteiger partial charge on any atom is -0.341 e. The molecule has 0 N–H and O–H groups in total. The topological polar surface area (TPSA) is 40.6 Å². The van der Waals surface area contributed by atoms with E-state index in [1.807, 2.05) is 30.3 Å². The molecule has 1 aliphatic heterocycles. The summed E-state index contributed by atoms with van der Waals surface area (Å²) in [5.74, 6) is -2.41. The first-order valence-electron chi connectivity index (χ1n) is 8.99. The van der Waals surface area contributed by atoms with Crippen molar-refractivity contribution in [3.05, 3.63) is 71.3 Å². The quantitative estimate of drug-likeness (QED) is 0.825. The van der Waals surface area contributed by atoms with Gasteiger partial charge in [-0.3, -0.25) is 9.59 Å². The maximum atomic E-state index is 13.3. The van der Waals surface area contributed by atoms with Crippen LogP contribution in [0.2, 0.25) is 0 Å². The highest BCUT2D eigenvalue weighted by Gasteiger charge is 2.29. The van der Waals surface area contributed by atoms with Crippen molar-refractivity contribution in [1.82, 2.24) is 9.80 Å². The number of nitrogens with zero attached hydrogens (tertiary/aromatic N) is 2. The number of hydrogen-bond acceptors (Lipinski definition) is 2. The minimum atomic E-state index is -1.03. The van der Waals surface area contributed by atoms with Gasteiger partial charge in [0.2, 0.25) is 5.91 Å². The fourth-order valence-corrected chi connectivity index (χ4v) is 3.39. The molecule has 0 saturated carbocycles. The van der Waals surface area contributed by atoms with Crippen molar-refractivity contribution in [2.75, 3.05) is 20.1 Å². The molecule has 0 spiro atoms. The normalized spacial score (nSPS) is 14.9. The van der Waals surface area contributed by atoms with Crippen LogP contribution >= 0.6 is 0 Å². The Morgan fingerprint density at radius 2 is 1.70 bits per heavy atom. The number of halogens is 2. The Labute approximate surface area is 157 Å².